The highest BCUT2D eigenvalue weighted by Gasteiger charge is 2.30. The van der Waals surface area contributed by atoms with Gasteiger partial charge in [-0.1, -0.05) is 24.4 Å². The Bertz CT molecular complexity index is 506. The lowest BCUT2D eigenvalue weighted by Gasteiger charge is -2.12. The molecule has 0 spiro atoms. The van der Waals surface area contributed by atoms with Crippen molar-refractivity contribution in [3.63, 3.8) is 0 Å². The van der Waals surface area contributed by atoms with Gasteiger partial charge in [-0.15, -0.1) is 0 Å². The van der Waals surface area contributed by atoms with E-state index in [1.807, 2.05) is 13.8 Å². The van der Waals surface area contributed by atoms with E-state index >= 15 is 0 Å². The molecule has 0 unspecified atom stereocenters. The maximum Gasteiger partial charge on any atom is 0.416 e. The summed E-state index contributed by atoms with van der Waals surface area (Å²) in [5.74, 6) is 0. The summed E-state index contributed by atoms with van der Waals surface area (Å²) in [5.41, 5.74) is 1.66. The number of halogens is 3. The summed E-state index contributed by atoms with van der Waals surface area (Å²) >= 11 is 5.17. The molecule has 0 aliphatic heterocycles. The summed E-state index contributed by atoms with van der Waals surface area (Å²) in [6, 6.07) is 4.75. The largest absolute Gasteiger partial charge is 0.416 e. The highest BCUT2D eigenvalue weighted by atomic mass is 32.1. The Morgan fingerprint density at radius 2 is 1.75 bits per heavy atom. The van der Waals surface area contributed by atoms with Crippen LogP contribution in [-0.4, -0.2) is 18.7 Å². The molecular formula is C14H16F3NOS. The third kappa shape index (κ3) is 4.61. The van der Waals surface area contributed by atoms with Gasteiger partial charge in [-0.3, -0.25) is 0 Å². The van der Waals surface area contributed by atoms with Crippen LogP contribution in [0.5, 0.6) is 0 Å². The molecule has 6 heteroatoms. The SMILES string of the molecule is COC/C(C)=C(\C)NC(=S)c1ccc(C(F)(F)F)cc1. The lowest BCUT2D eigenvalue weighted by Crippen LogP contribution is -2.22. The van der Waals surface area contributed by atoms with Crippen molar-refractivity contribution in [1.82, 2.24) is 5.32 Å². The van der Waals surface area contributed by atoms with Crippen molar-refractivity contribution in [3.8, 4) is 0 Å². The fourth-order valence-corrected chi connectivity index (χ4v) is 1.77. The first-order valence-corrected chi connectivity index (χ1v) is 6.30. The van der Waals surface area contributed by atoms with Gasteiger partial charge in [0, 0.05) is 18.4 Å². The molecule has 20 heavy (non-hydrogen) atoms. The van der Waals surface area contributed by atoms with Crippen LogP contribution in [0.15, 0.2) is 35.5 Å². The monoisotopic (exact) mass is 303 g/mol. The van der Waals surface area contributed by atoms with Crippen LogP contribution in [0.1, 0.15) is 25.0 Å². The highest BCUT2D eigenvalue weighted by Crippen LogP contribution is 2.29. The molecule has 0 saturated heterocycles. The molecule has 0 bridgehead atoms. The molecule has 1 aromatic carbocycles. The van der Waals surface area contributed by atoms with E-state index in [4.69, 9.17) is 17.0 Å². The molecule has 1 N–H and O–H groups in total. The number of ether oxygens (including phenoxy) is 1. The van der Waals surface area contributed by atoms with Gasteiger partial charge in [-0.2, -0.15) is 13.2 Å². The minimum absolute atomic E-state index is 0.381. The summed E-state index contributed by atoms with van der Waals surface area (Å²) in [6.45, 7) is 4.19. The summed E-state index contributed by atoms with van der Waals surface area (Å²) in [4.78, 5) is 0.381. The second-order valence-corrected chi connectivity index (χ2v) is 4.78. The Morgan fingerprint density at radius 3 is 2.20 bits per heavy atom. The molecular weight excluding hydrogens is 287 g/mol. The van der Waals surface area contributed by atoms with Gasteiger partial charge in [0.2, 0.25) is 0 Å². The molecule has 0 aliphatic rings. The summed E-state index contributed by atoms with van der Waals surface area (Å²) in [6.07, 6.45) is -4.33. The number of alkyl halides is 3. The Kier molecular flexibility index (Phi) is 5.71. The Balaban J connectivity index is 2.81. The zero-order valence-corrected chi connectivity index (χ0v) is 12.3. The van der Waals surface area contributed by atoms with Crippen LogP contribution in [0.4, 0.5) is 13.2 Å². The van der Waals surface area contributed by atoms with Gasteiger partial charge >= 0.3 is 6.18 Å². The van der Waals surface area contributed by atoms with Crippen LogP contribution >= 0.6 is 12.2 Å². The first kappa shape index (κ1) is 16.7. The average molecular weight is 303 g/mol. The van der Waals surface area contributed by atoms with Gasteiger partial charge in [0.15, 0.2) is 0 Å². The maximum atomic E-state index is 12.5. The molecule has 0 saturated carbocycles. The number of hydrogen-bond donors (Lipinski definition) is 1. The van der Waals surface area contributed by atoms with Crippen molar-refractivity contribution >= 4 is 17.2 Å². The van der Waals surface area contributed by atoms with Gasteiger partial charge in [-0.25, -0.2) is 0 Å². The maximum absolute atomic E-state index is 12.5. The molecule has 1 aromatic rings. The molecule has 110 valence electrons. The van der Waals surface area contributed by atoms with E-state index in [-0.39, 0.29) is 0 Å². The second kappa shape index (κ2) is 6.85. The quantitative estimate of drug-likeness (QED) is 0.852. The minimum atomic E-state index is -4.33. The summed E-state index contributed by atoms with van der Waals surface area (Å²) < 4.78 is 42.4. The van der Waals surface area contributed by atoms with E-state index in [1.54, 1.807) is 7.11 Å². The van der Waals surface area contributed by atoms with Crippen molar-refractivity contribution in [2.45, 2.75) is 20.0 Å². The van der Waals surface area contributed by atoms with E-state index in [2.05, 4.69) is 5.32 Å². The second-order valence-electron chi connectivity index (χ2n) is 4.37. The average Bonchev–Trinajstić information content (AvgIpc) is 2.38. The lowest BCUT2D eigenvalue weighted by molar-refractivity contribution is -0.137. The van der Waals surface area contributed by atoms with Crippen molar-refractivity contribution in [1.29, 1.82) is 0 Å². The van der Waals surface area contributed by atoms with Crippen LogP contribution in [-0.2, 0) is 10.9 Å². The molecule has 0 radical (unpaired) electrons. The first-order valence-electron chi connectivity index (χ1n) is 5.89. The summed E-state index contributed by atoms with van der Waals surface area (Å²) in [7, 11) is 1.59. The zero-order valence-electron chi connectivity index (χ0n) is 11.5. The van der Waals surface area contributed by atoms with Gasteiger partial charge in [-0.05, 0) is 31.6 Å². The van der Waals surface area contributed by atoms with E-state index in [9.17, 15) is 13.2 Å². The van der Waals surface area contributed by atoms with Gasteiger partial charge < -0.3 is 10.1 Å². The van der Waals surface area contributed by atoms with Crippen LogP contribution in [0, 0.1) is 0 Å². The van der Waals surface area contributed by atoms with Crippen molar-refractivity contribution in [2.75, 3.05) is 13.7 Å². The Labute approximate surface area is 121 Å². The van der Waals surface area contributed by atoms with Crippen LogP contribution in [0.2, 0.25) is 0 Å². The predicted octanol–water partition coefficient (Wildman–Crippen LogP) is 3.91. The smallest absolute Gasteiger partial charge is 0.380 e. The van der Waals surface area contributed by atoms with E-state index in [0.717, 1.165) is 23.4 Å². The lowest BCUT2D eigenvalue weighted by atomic mass is 10.1. The fourth-order valence-electron chi connectivity index (χ4n) is 1.48. The first-order chi connectivity index (χ1) is 9.25. The normalized spacial score (nSPS) is 12.9. The van der Waals surface area contributed by atoms with E-state index in [0.29, 0.717) is 17.2 Å². The topological polar surface area (TPSA) is 21.3 Å². The predicted molar refractivity (Wildman–Crippen MR) is 76.5 cm³/mol. The Morgan fingerprint density at radius 1 is 1.20 bits per heavy atom. The van der Waals surface area contributed by atoms with Crippen molar-refractivity contribution in [3.05, 3.63) is 46.7 Å². The highest BCUT2D eigenvalue weighted by molar-refractivity contribution is 7.80. The standard InChI is InChI=1S/C14H16F3NOS/c1-9(8-19-3)10(2)18-13(20)11-4-6-12(7-5-11)14(15,16)17/h4-7H,8H2,1-3H3,(H,18,20)/b10-9+. The molecule has 0 heterocycles. The molecule has 0 atom stereocenters. The molecule has 0 aliphatic carbocycles. The summed E-state index contributed by atoms with van der Waals surface area (Å²) in [5, 5.41) is 2.99. The number of rotatable bonds is 4. The van der Waals surface area contributed by atoms with Gasteiger partial charge in [0.1, 0.15) is 4.99 Å². The van der Waals surface area contributed by atoms with E-state index in [1.165, 1.54) is 12.1 Å². The number of methoxy groups -OCH3 is 1. The minimum Gasteiger partial charge on any atom is -0.380 e. The van der Waals surface area contributed by atoms with E-state index < -0.39 is 11.7 Å². The molecule has 1 rings (SSSR count). The van der Waals surface area contributed by atoms with Crippen LogP contribution in [0.3, 0.4) is 0 Å². The third-order valence-corrected chi connectivity index (χ3v) is 3.11. The number of benzene rings is 1. The number of hydrogen-bond acceptors (Lipinski definition) is 2. The zero-order chi connectivity index (χ0) is 15.3. The molecule has 0 aromatic heterocycles. The van der Waals surface area contributed by atoms with Gasteiger partial charge in [0.05, 0.1) is 12.2 Å². The van der Waals surface area contributed by atoms with Crippen LogP contribution in [0.25, 0.3) is 0 Å². The molecule has 0 fully saturated rings. The molecule has 0 amide bonds. The van der Waals surface area contributed by atoms with Gasteiger partial charge in [0.25, 0.3) is 0 Å². The number of thiocarbonyl (C=S) groups is 1. The fraction of sp³-hybridized carbons (Fsp3) is 0.357. The van der Waals surface area contributed by atoms with Crippen LogP contribution < -0.4 is 5.32 Å². The molecule has 2 nitrogen and oxygen atoms in total. The third-order valence-electron chi connectivity index (χ3n) is 2.78. The van der Waals surface area contributed by atoms with Crippen molar-refractivity contribution < 1.29 is 17.9 Å². The van der Waals surface area contributed by atoms with Crippen molar-refractivity contribution in [2.24, 2.45) is 0 Å². The Hall–Kier alpha value is -1.40. The number of nitrogens with one attached hydrogen (secondary N) is 1. The number of allylic oxidation sites excluding steroid dienone is 1.